The summed E-state index contributed by atoms with van der Waals surface area (Å²) in [6.07, 6.45) is 1.02. The Hall–Kier alpha value is -1.75. The molecule has 0 spiro atoms. The van der Waals surface area contributed by atoms with Crippen LogP contribution < -0.4 is 16.8 Å². The minimum absolute atomic E-state index is 0.334. The quantitative estimate of drug-likeness (QED) is 0.842. The molecule has 5 nitrogen and oxygen atoms in total. The van der Waals surface area contributed by atoms with Crippen molar-refractivity contribution >= 4 is 16.8 Å². The Balaban J connectivity index is 2.08. The molecule has 3 N–H and O–H groups in total. The minimum atomic E-state index is -0.334. The number of aromatic nitrogens is 1. The van der Waals surface area contributed by atoms with Gasteiger partial charge in [-0.15, -0.1) is 0 Å². The van der Waals surface area contributed by atoms with Gasteiger partial charge in [0.15, 0.2) is 5.58 Å². The second-order valence-corrected chi connectivity index (χ2v) is 4.67. The summed E-state index contributed by atoms with van der Waals surface area (Å²) in [5, 5.41) is 3.30. The third-order valence-electron chi connectivity index (χ3n) is 3.16. The molecule has 0 amide bonds. The molecule has 0 fully saturated rings. The topological polar surface area (TPSA) is 73.2 Å². The molecule has 0 radical (unpaired) electrons. The molecule has 1 aromatic heterocycles. The first-order valence-electron chi connectivity index (χ1n) is 6.15. The number of rotatable bonds is 5. The third-order valence-corrected chi connectivity index (χ3v) is 3.16. The highest BCUT2D eigenvalue weighted by Gasteiger charge is 2.06. The molecule has 0 bridgehead atoms. The highest BCUT2D eigenvalue weighted by molar-refractivity contribution is 5.77. The van der Waals surface area contributed by atoms with Gasteiger partial charge in [0.25, 0.3) is 0 Å². The lowest BCUT2D eigenvalue weighted by molar-refractivity contribution is 0.528. The average Bonchev–Trinajstić information content (AvgIpc) is 2.64. The summed E-state index contributed by atoms with van der Waals surface area (Å²) in [5.74, 6) is 0.176. The number of anilines is 1. The van der Waals surface area contributed by atoms with Crippen molar-refractivity contribution < 1.29 is 4.42 Å². The third kappa shape index (κ3) is 2.56. The largest absolute Gasteiger partial charge is 0.419 e. The normalized spacial score (nSPS) is 12.8. The van der Waals surface area contributed by atoms with Gasteiger partial charge in [0.2, 0.25) is 0 Å². The van der Waals surface area contributed by atoms with Crippen LogP contribution in [0.4, 0.5) is 5.69 Å². The van der Waals surface area contributed by atoms with Gasteiger partial charge in [0.05, 0.1) is 5.52 Å². The van der Waals surface area contributed by atoms with Crippen molar-refractivity contribution in [3.05, 3.63) is 28.7 Å². The molecule has 1 heterocycles. The summed E-state index contributed by atoms with van der Waals surface area (Å²) in [4.78, 5) is 11.4. The Labute approximate surface area is 106 Å². The van der Waals surface area contributed by atoms with E-state index in [0.717, 1.165) is 24.2 Å². The van der Waals surface area contributed by atoms with E-state index in [4.69, 9.17) is 10.2 Å². The van der Waals surface area contributed by atoms with Crippen molar-refractivity contribution in [2.24, 2.45) is 18.7 Å². The lowest BCUT2D eigenvalue weighted by Crippen LogP contribution is -2.14. The molecule has 1 unspecified atom stereocenters. The minimum Gasteiger partial charge on any atom is -0.408 e. The number of aryl methyl sites for hydroxylation is 1. The van der Waals surface area contributed by atoms with Gasteiger partial charge in [-0.3, -0.25) is 4.57 Å². The van der Waals surface area contributed by atoms with Crippen LogP contribution in [-0.4, -0.2) is 17.7 Å². The van der Waals surface area contributed by atoms with E-state index < -0.39 is 0 Å². The van der Waals surface area contributed by atoms with Crippen LogP contribution in [0.3, 0.4) is 0 Å². The van der Waals surface area contributed by atoms with E-state index in [1.807, 2.05) is 18.2 Å². The van der Waals surface area contributed by atoms with E-state index in [1.54, 1.807) is 7.05 Å². The van der Waals surface area contributed by atoms with Crippen LogP contribution in [0, 0.1) is 5.92 Å². The zero-order chi connectivity index (χ0) is 13.1. The molecular weight excluding hydrogens is 230 g/mol. The van der Waals surface area contributed by atoms with Crippen LogP contribution in [0.5, 0.6) is 0 Å². The molecule has 5 heteroatoms. The summed E-state index contributed by atoms with van der Waals surface area (Å²) in [5.41, 5.74) is 7.94. The van der Waals surface area contributed by atoms with Crippen molar-refractivity contribution in [3.63, 3.8) is 0 Å². The molecular formula is C13H19N3O2. The van der Waals surface area contributed by atoms with Gasteiger partial charge >= 0.3 is 5.76 Å². The number of nitrogens with two attached hydrogens (primary N) is 1. The predicted molar refractivity (Wildman–Crippen MR) is 72.8 cm³/mol. The van der Waals surface area contributed by atoms with E-state index in [1.165, 1.54) is 4.57 Å². The van der Waals surface area contributed by atoms with E-state index in [9.17, 15) is 4.79 Å². The fourth-order valence-electron chi connectivity index (χ4n) is 1.82. The Morgan fingerprint density at radius 1 is 1.50 bits per heavy atom. The van der Waals surface area contributed by atoms with Gasteiger partial charge in [-0.25, -0.2) is 4.79 Å². The number of benzene rings is 1. The summed E-state index contributed by atoms with van der Waals surface area (Å²) in [6, 6.07) is 5.68. The summed E-state index contributed by atoms with van der Waals surface area (Å²) < 4.78 is 6.63. The van der Waals surface area contributed by atoms with Crippen LogP contribution in [0.15, 0.2) is 27.4 Å². The van der Waals surface area contributed by atoms with Crippen molar-refractivity contribution in [2.75, 3.05) is 18.4 Å². The Morgan fingerprint density at radius 3 is 3.00 bits per heavy atom. The first kappa shape index (κ1) is 12.7. The first-order chi connectivity index (χ1) is 8.61. The Bertz CT molecular complexity index is 585. The van der Waals surface area contributed by atoms with Gasteiger partial charge in [-0.2, -0.15) is 0 Å². The number of nitrogens with zero attached hydrogens (tertiary/aromatic N) is 1. The number of hydrogen-bond acceptors (Lipinski definition) is 4. The fraction of sp³-hybridized carbons (Fsp3) is 0.462. The Kier molecular flexibility index (Phi) is 3.72. The lowest BCUT2D eigenvalue weighted by atomic mass is 10.1. The fourth-order valence-corrected chi connectivity index (χ4v) is 1.82. The van der Waals surface area contributed by atoms with Gasteiger partial charge in [-0.05, 0) is 31.0 Å². The lowest BCUT2D eigenvalue weighted by Gasteiger charge is -2.10. The first-order valence-corrected chi connectivity index (χ1v) is 6.15. The standard InChI is InChI=1S/C13H19N3O2/c1-9(8-14)5-6-15-10-3-4-11-12(7-10)18-13(17)16(11)2/h3-4,7,9,15H,5-6,8,14H2,1-2H3. The highest BCUT2D eigenvalue weighted by Crippen LogP contribution is 2.17. The molecule has 1 aromatic carbocycles. The van der Waals surface area contributed by atoms with Crippen molar-refractivity contribution in [2.45, 2.75) is 13.3 Å². The molecule has 0 saturated carbocycles. The number of oxazole rings is 1. The zero-order valence-corrected chi connectivity index (χ0v) is 10.8. The SMILES string of the molecule is CC(CN)CCNc1ccc2c(c1)oc(=O)n2C. The van der Waals surface area contributed by atoms with Crippen molar-refractivity contribution in [1.29, 1.82) is 0 Å². The molecule has 2 aromatic rings. The van der Waals surface area contributed by atoms with Gasteiger partial charge in [0.1, 0.15) is 0 Å². The second kappa shape index (κ2) is 5.27. The zero-order valence-electron chi connectivity index (χ0n) is 10.8. The second-order valence-electron chi connectivity index (χ2n) is 4.67. The molecule has 98 valence electrons. The maximum absolute atomic E-state index is 11.4. The van der Waals surface area contributed by atoms with Gasteiger partial charge in [0, 0.05) is 25.3 Å². The van der Waals surface area contributed by atoms with Gasteiger partial charge < -0.3 is 15.5 Å². The maximum Gasteiger partial charge on any atom is 0.419 e. The summed E-state index contributed by atoms with van der Waals surface area (Å²) in [6.45, 7) is 3.69. The van der Waals surface area contributed by atoms with Crippen LogP contribution in [-0.2, 0) is 7.05 Å². The molecule has 2 rings (SSSR count). The molecule has 0 aliphatic rings. The van der Waals surface area contributed by atoms with Gasteiger partial charge in [-0.1, -0.05) is 6.92 Å². The summed E-state index contributed by atoms with van der Waals surface area (Å²) in [7, 11) is 1.70. The highest BCUT2D eigenvalue weighted by atomic mass is 16.4. The number of fused-ring (bicyclic) bond motifs is 1. The average molecular weight is 249 g/mol. The Morgan fingerprint density at radius 2 is 2.28 bits per heavy atom. The van der Waals surface area contributed by atoms with Crippen LogP contribution in [0.25, 0.3) is 11.1 Å². The van der Waals surface area contributed by atoms with Crippen molar-refractivity contribution in [1.82, 2.24) is 4.57 Å². The maximum atomic E-state index is 11.4. The smallest absolute Gasteiger partial charge is 0.408 e. The van der Waals surface area contributed by atoms with E-state index in [0.29, 0.717) is 18.0 Å². The van der Waals surface area contributed by atoms with Crippen molar-refractivity contribution in [3.8, 4) is 0 Å². The van der Waals surface area contributed by atoms with Crippen LogP contribution >= 0.6 is 0 Å². The summed E-state index contributed by atoms with van der Waals surface area (Å²) >= 11 is 0. The molecule has 0 aliphatic heterocycles. The number of nitrogens with one attached hydrogen (secondary N) is 1. The molecule has 1 atom stereocenters. The van der Waals surface area contributed by atoms with E-state index in [-0.39, 0.29) is 5.76 Å². The van der Waals surface area contributed by atoms with E-state index >= 15 is 0 Å². The van der Waals surface area contributed by atoms with Crippen LogP contribution in [0.1, 0.15) is 13.3 Å². The predicted octanol–water partition coefficient (Wildman–Crippen LogP) is 1.53. The van der Waals surface area contributed by atoms with E-state index in [2.05, 4.69) is 12.2 Å². The molecule has 18 heavy (non-hydrogen) atoms. The van der Waals surface area contributed by atoms with Crippen LogP contribution in [0.2, 0.25) is 0 Å². The number of hydrogen-bond donors (Lipinski definition) is 2. The molecule has 0 aliphatic carbocycles. The monoisotopic (exact) mass is 249 g/mol. The molecule has 0 saturated heterocycles.